The topological polar surface area (TPSA) is 87.9 Å². The molecule has 1 saturated heterocycles. The lowest BCUT2D eigenvalue weighted by atomic mass is 10.2. The van der Waals surface area contributed by atoms with Crippen molar-refractivity contribution in [1.82, 2.24) is 9.21 Å². The van der Waals surface area contributed by atoms with Gasteiger partial charge in [0, 0.05) is 32.2 Å². The van der Waals surface area contributed by atoms with Crippen LogP contribution in [0.1, 0.15) is 10.6 Å². The summed E-state index contributed by atoms with van der Waals surface area (Å²) in [6.45, 7) is 0.713. The van der Waals surface area contributed by atoms with E-state index in [-0.39, 0.29) is 41.6 Å². The number of piperazine rings is 1. The van der Waals surface area contributed by atoms with Crippen molar-refractivity contribution in [3.05, 3.63) is 62.8 Å². The average Bonchev–Trinajstić information content (AvgIpc) is 3.15. The van der Waals surface area contributed by atoms with Crippen LogP contribution in [0.15, 0.2) is 55.9 Å². The fourth-order valence-corrected chi connectivity index (χ4v) is 6.12. The van der Waals surface area contributed by atoms with Gasteiger partial charge in [-0.05, 0) is 24.3 Å². The van der Waals surface area contributed by atoms with E-state index in [9.17, 15) is 18.0 Å². The van der Waals surface area contributed by atoms with E-state index in [0.717, 1.165) is 11.3 Å². The molecule has 2 aromatic heterocycles. The van der Waals surface area contributed by atoms with E-state index in [1.54, 1.807) is 30.3 Å². The maximum Gasteiger partial charge on any atom is 0.289 e. The van der Waals surface area contributed by atoms with Gasteiger partial charge in [0.2, 0.25) is 0 Å². The molecular formula is C18H15ClN2O5S2. The van der Waals surface area contributed by atoms with E-state index in [2.05, 4.69) is 0 Å². The molecule has 0 atom stereocenters. The van der Waals surface area contributed by atoms with Crippen LogP contribution in [0.25, 0.3) is 11.0 Å². The zero-order valence-electron chi connectivity index (χ0n) is 14.5. The normalized spacial score (nSPS) is 15.8. The fraction of sp³-hybridized carbons (Fsp3) is 0.222. The van der Waals surface area contributed by atoms with E-state index in [0.29, 0.717) is 15.3 Å². The summed E-state index contributed by atoms with van der Waals surface area (Å²) in [4.78, 5) is 26.4. The Labute approximate surface area is 169 Å². The van der Waals surface area contributed by atoms with Crippen LogP contribution in [0.3, 0.4) is 0 Å². The number of sulfonamides is 1. The van der Waals surface area contributed by atoms with Crippen LogP contribution < -0.4 is 5.43 Å². The van der Waals surface area contributed by atoms with Crippen LogP contribution >= 0.6 is 22.9 Å². The maximum atomic E-state index is 12.7. The van der Waals surface area contributed by atoms with Crippen LogP contribution in [-0.4, -0.2) is 49.7 Å². The van der Waals surface area contributed by atoms with Crippen molar-refractivity contribution in [3.63, 3.8) is 0 Å². The molecule has 0 saturated carbocycles. The largest absolute Gasteiger partial charge is 0.451 e. The number of amides is 1. The van der Waals surface area contributed by atoms with Crippen molar-refractivity contribution in [2.45, 2.75) is 4.21 Å². The Morgan fingerprint density at radius 1 is 1.07 bits per heavy atom. The van der Waals surface area contributed by atoms with Gasteiger partial charge in [0.25, 0.3) is 15.9 Å². The van der Waals surface area contributed by atoms with Crippen LogP contribution in [-0.2, 0) is 10.0 Å². The molecule has 146 valence electrons. The molecule has 1 amide bonds. The summed E-state index contributed by atoms with van der Waals surface area (Å²) >= 11 is 6.84. The van der Waals surface area contributed by atoms with Gasteiger partial charge in [-0.2, -0.15) is 4.31 Å². The number of hydrogen-bond acceptors (Lipinski definition) is 6. The molecule has 1 aliphatic rings. The molecule has 10 heteroatoms. The summed E-state index contributed by atoms with van der Waals surface area (Å²) < 4.78 is 32.8. The Balaban J connectivity index is 1.51. The Morgan fingerprint density at radius 2 is 1.79 bits per heavy atom. The van der Waals surface area contributed by atoms with Gasteiger partial charge < -0.3 is 9.32 Å². The summed E-state index contributed by atoms with van der Waals surface area (Å²) in [5.41, 5.74) is 0.0510. The molecule has 0 unspecified atom stereocenters. The van der Waals surface area contributed by atoms with Gasteiger partial charge in [0.15, 0.2) is 11.2 Å². The predicted molar refractivity (Wildman–Crippen MR) is 106 cm³/mol. The summed E-state index contributed by atoms with van der Waals surface area (Å²) in [6, 6.07) is 10.9. The quantitative estimate of drug-likeness (QED) is 0.627. The Kier molecular flexibility index (Phi) is 5.00. The first-order valence-corrected chi connectivity index (χ1v) is 11.1. The minimum atomic E-state index is -3.63. The van der Waals surface area contributed by atoms with E-state index in [1.807, 2.05) is 0 Å². The smallest absolute Gasteiger partial charge is 0.289 e. The van der Waals surface area contributed by atoms with Gasteiger partial charge in [-0.1, -0.05) is 23.7 Å². The summed E-state index contributed by atoms with van der Waals surface area (Å²) in [7, 11) is -3.63. The van der Waals surface area contributed by atoms with Crippen LogP contribution in [0.5, 0.6) is 0 Å². The number of para-hydroxylation sites is 1. The third-order valence-corrected chi connectivity index (χ3v) is 8.11. The minimum Gasteiger partial charge on any atom is -0.451 e. The van der Waals surface area contributed by atoms with E-state index >= 15 is 0 Å². The zero-order chi connectivity index (χ0) is 19.9. The number of hydrogen-bond donors (Lipinski definition) is 0. The second-order valence-corrected chi connectivity index (χ2v) is 10.1. The fourth-order valence-electron chi connectivity index (χ4n) is 3.06. The molecule has 1 aromatic carbocycles. The molecule has 3 heterocycles. The van der Waals surface area contributed by atoms with Gasteiger partial charge in [-0.15, -0.1) is 11.3 Å². The van der Waals surface area contributed by atoms with Gasteiger partial charge in [-0.25, -0.2) is 8.42 Å². The van der Waals surface area contributed by atoms with Crippen molar-refractivity contribution in [2.75, 3.05) is 26.2 Å². The van der Waals surface area contributed by atoms with Gasteiger partial charge in [0.1, 0.15) is 9.79 Å². The van der Waals surface area contributed by atoms with Crippen LogP contribution in [0.4, 0.5) is 0 Å². The van der Waals surface area contributed by atoms with Crippen molar-refractivity contribution in [2.24, 2.45) is 0 Å². The number of nitrogens with zero attached hydrogens (tertiary/aromatic N) is 2. The first-order valence-electron chi connectivity index (χ1n) is 8.44. The molecule has 1 fully saturated rings. The van der Waals surface area contributed by atoms with Gasteiger partial charge >= 0.3 is 0 Å². The van der Waals surface area contributed by atoms with E-state index < -0.39 is 15.9 Å². The van der Waals surface area contributed by atoms with Crippen molar-refractivity contribution < 1.29 is 17.6 Å². The van der Waals surface area contributed by atoms with E-state index in [1.165, 1.54) is 21.3 Å². The third kappa shape index (κ3) is 3.46. The number of rotatable bonds is 3. The predicted octanol–water partition coefficient (Wildman–Crippen LogP) is 2.65. The molecule has 28 heavy (non-hydrogen) atoms. The van der Waals surface area contributed by atoms with Crippen molar-refractivity contribution in [3.8, 4) is 0 Å². The van der Waals surface area contributed by atoms with Crippen molar-refractivity contribution >= 4 is 49.8 Å². The molecule has 7 nitrogen and oxygen atoms in total. The lowest BCUT2D eigenvalue weighted by Gasteiger charge is -2.33. The average molecular weight is 439 g/mol. The standard InChI is InChI=1S/C18H15ClN2O5S2/c19-16-5-6-17(27-16)28(24,25)21-9-7-20(8-10-21)18(23)15-11-13(22)12-3-1-2-4-14(12)26-15/h1-6,11H,7-10H2. The number of carbonyl (C=O) groups excluding carboxylic acids is 1. The first-order chi connectivity index (χ1) is 13.4. The minimum absolute atomic E-state index is 0.0509. The molecule has 1 aliphatic heterocycles. The number of benzene rings is 1. The highest BCUT2D eigenvalue weighted by molar-refractivity contribution is 7.91. The second-order valence-electron chi connectivity index (χ2n) is 6.23. The molecular weight excluding hydrogens is 424 g/mol. The number of halogens is 1. The van der Waals surface area contributed by atoms with E-state index in [4.69, 9.17) is 16.0 Å². The zero-order valence-corrected chi connectivity index (χ0v) is 16.9. The molecule has 0 bridgehead atoms. The highest BCUT2D eigenvalue weighted by Gasteiger charge is 2.32. The highest BCUT2D eigenvalue weighted by Crippen LogP contribution is 2.28. The molecule has 0 spiro atoms. The maximum absolute atomic E-state index is 12.7. The van der Waals surface area contributed by atoms with Crippen LogP contribution in [0, 0.1) is 0 Å². The van der Waals surface area contributed by atoms with Crippen LogP contribution in [0.2, 0.25) is 4.34 Å². The first kappa shape index (κ1) is 19.1. The van der Waals surface area contributed by atoms with Gasteiger partial charge in [0.05, 0.1) is 9.72 Å². The molecule has 3 aromatic rings. The number of thiophene rings is 1. The summed E-state index contributed by atoms with van der Waals surface area (Å²) in [6.07, 6.45) is 0. The monoisotopic (exact) mass is 438 g/mol. The molecule has 0 aliphatic carbocycles. The molecule has 0 radical (unpaired) electrons. The van der Waals surface area contributed by atoms with Gasteiger partial charge in [-0.3, -0.25) is 9.59 Å². The number of fused-ring (bicyclic) bond motifs is 1. The third-order valence-electron chi connectivity index (χ3n) is 4.51. The Morgan fingerprint density at radius 3 is 2.46 bits per heavy atom. The summed E-state index contributed by atoms with van der Waals surface area (Å²) in [5, 5.41) is 0.407. The Bertz CT molecular complexity index is 1210. The van der Waals surface area contributed by atoms with Crippen molar-refractivity contribution in [1.29, 1.82) is 0 Å². The molecule has 0 N–H and O–H groups in total. The lowest BCUT2D eigenvalue weighted by Crippen LogP contribution is -2.50. The second kappa shape index (κ2) is 7.32. The lowest BCUT2D eigenvalue weighted by molar-refractivity contribution is 0.0666. The number of carbonyl (C=O) groups is 1. The summed E-state index contributed by atoms with van der Waals surface area (Å²) in [5.74, 6) is -0.482. The highest BCUT2D eigenvalue weighted by atomic mass is 35.5. The molecule has 4 rings (SSSR count). The Hall–Kier alpha value is -2.20. The SMILES string of the molecule is O=C(c1cc(=O)c2ccccc2o1)N1CCN(S(=O)(=O)c2ccc(Cl)s2)CC1.